The van der Waals surface area contributed by atoms with Gasteiger partial charge in [0.05, 0.1) is 11.6 Å². The third-order valence-electron chi connectivity index (χ3n) is 4.92. The van der Waals surface area contributed by atoms with Gasteiger partial charge in [0.2, 0.25) is 0 Å². The van der Waals surface area contributed by atoms with Gasteiger partial charge in [-0.2, -0.15) is 0 Å². The van der Waals surface area contributed by atoms with Gasteiger partial charge in [-0.3, -0.25) is 9.30 Å². The molecular weight excluding hydrogens is 304 g/mol. The van der Waals surface area contributed by atoms with Crippen molar-refractivity contribution in [1.29, 1.82) is 0 Å². The van der Waals surface area contributed by atoms with Crippen LogP contribution in [-0.4, -0.2) is 46.5 Å². The van der Waals surface area contributed by atoms with E-state index < -0.39 is 0 Å². The van der Waals surface area contributed by atoms with E-state index in [1.807, 2.05) is 0 Å². The number of aromatic nitrogens is 2. The molecule has 1 aliphatic carbocycles. The fourth-order valence-corrected chi connectivity index (χ4v) is 4.74. The molecule has 4 nitrogen and oxygen atoms in total. The smallest absolute Gasteiger partial charge is 0.195 e. The first-order valence-electron chi connectivity index (χ1n) is 7.86. The minimum absolute atomic E-state index is 0.524. The highest BCUT2D eigenvalue weighted by Gasteiger charge is 2.28. The Morgan fingerprint density at radius 1 is 1.19 bits per heavy atom. The molecule has 2 fully saturated rings. The second-order valence-electron chi connectivity index (χ2n) is 6.03. The summed E-state index contributed by atoms with van der Waals surface area (Å²) in [4.78, 5) is 11.0. The van der Waals surface area contributed by atoms with Crippen molar-refractivity contribution in [2.24, 2.45) is 0 Å². The van der Waals surface area contributed by atoms with Crippen LogP contribution in [0.1, 0.15) is 31.4 Å². The number of anilines is 1. The summed E-state index contributed by atoms with van der Waals surface area (Å²) >= 11 is 7.85. The van der Waals surface area contributed by atoms with Gasteiger partial charge in [0.1, 0.15) is 0 Å². The molecule has 0 amide bonds. The highest BCUT2D eigenvalue weighted by molar-refractivity contribution is 7.15. The SMILES string of the molecule is ClCc1c(N2CCN(C3CCCC3)CC2)nc2sccn12. The van der Waals surface area contributed by atoms with Gasteiger partial charge in [0.25, 0.3) is 0 Å². The van der Waals surface area contributed by atoms with E-state index in [0.29, 0.717) is 5.88 Å². The number of fused-ring (bicyclic) bond motifs is 1. The summed E-state index contributed by atoms with van der Waals surface area (Å²) in [6.45, 7) is 4.48. The Morgan fingerprint density at radius 2 is 1.95 bits per heavy atom. The molecule has 114 valence electrons. The molecular formula is C15H21ClN4S. The Morgan fingerprint density at radius 3 is 2.67 bits per heavy atom. The minimum Gasteiger partial charge on any atom is -0.352 e. The van der Waals surface area contributed by atoms with E-state index in [-0.39, 0.29) is 0 Å². The molecule has 6 heteroatoms. The summed E-state index contributed by atoms with van der Waals surface area (Å²) in [6.07, 6.45) is 7.69. The van der Waals surface area contributed by atoms with E-state index in [2.05, 4.69) is 25.8 Å². The van der Waals surface area contributed by atoms with Gasteiger partial charge in [-0.1, -0.05) is 12.8 Å². The van der Waals surface area contributed by atoms with Crippen molar-refractivity contribution in [2.45, 2.75) is 37.6 Å². The van der Waals surface area contributed by atoms with E-state index in [1.54, 1.807) is 11.3 Å². The molecule has 4 rings (SSSR count). The van der Waals surface area contributed by atoms with E-state index in [1.165, 1.54) is 25.7 Å². The third kappa shape index (κ3) is 2.45. The first kappa shape index (κ1) is 13.9. The molecule has 1 saturated carbocycles. The molecule has 0 bridgehead atoms. The number of hydrogen-bond donors (Lipinski definition) is 0. The maximum absolute atomic E-state index is 6.17. The Hall–Kier alpha value is -0.780. The largest absolute Gasteiger partial charge is 0.352 e. The molecule has 2 aromatic rings. The number of halogens is 1. The average Bonchev–Trinajstić information content (AvgIpc) is 3.23. The number of hydrogen-bond acceptors (Lipinski definition) is 4. The molecule has 1 aliphatic heterocycles. The molecule has 0 aromatic carbocycles. The van der Waals surface area contributed by atoms with E-state index in [0.717, 1.165) is 48.7 Å². The van der Waals surface area contributed by atoms with Gasteiger partial charge in [-0.05, 0) is 12.8 Å². The second-order valence-corrected chi connectivity index (χ2v) is 7.17. The van der Waals surface area contributed by atoms with Gasteiger partial charge in [0, 0.05) is 43.8 Å². The van der Waals surface area contributed by atoms with Crippen LogP contribution >= 0.6 is 22.9 Å². The Labute approximate surface area is 134 Å². The molecule has 2 aliphatic rings. The standard InChI is InChI=1S/C15H21ClN4S/c16-11-13-14(17-15-20(13)9-10-21-15)19-7-5-18(6-8-19)12-3-1-2-4-12/h9-10,12H,1-8,11H2. The summed E-state index contributed by atoms with van der Waals surface area (Å²) in [5.41, 5.74) is 1.14. The number of piperazine rings is 1. The zero-order chi connectivity index (χ0) is 14.2. The van der Waals surface area contributed by atoms with Crippen LogP contribution in [0, 0.1) is 0 Å². The fourth-order valence-electron chi connectivity index (χ4n) is 3.77. The van der Waals surface area contributed by atoms with E-state index in [4.69, 9.17) is 16.6 Å². The van der Waals surface area contributed by atoms with Gasteiger partial charge in [-0.15, -0.1) is 22.9 Å². The summed E-state index contributed by atoms with van der Waals surface area (Å²) < 4.78 is 2.14. The first-order chi connectivity index (χ1) is 10.4. The van der Waals surface area contributed by atoms with Crippen LogP contribution in [-0.2, 0) is 5.88 Å². The summed E-state index contributed by atoms with van der Waals surface area (Å²) in [5, 5.41) is 2.07. The van der Waals surface area contributed by atoms with Gasteiger partial charge in [0.15, 0.2) is 10.8 Å². The molecule has 1 saturated heterocycles. The Balaban J connectivity index is 1.50. The Bertz CT molecular complexity index is 608. The number of alkyl halides is 1. The van der Waals surface area contributed by atoms with Crippen molar-refractivity contribution in [3.63, 3.8) is 0 Å². The van der Waals surface area contributed by atoms with Gasteiger partial charge < -0.3 is 4.90 Å². The number of imidazole rings is 1. The summed E-state index contributed by atoms with van der Waals surface area (Å²) in [7, 11) is 0. The maximum Gasteiger partial charge on any atom is 0.195 e. The monoisotopic (exact) mass is 324 g/mol. The predicted molar refractivity (Wildman–Crippen MR) is 88.7 cm³/mol. The minimum atomic E-state index is 0.524. The lowest BCUT2D eigenvalue weighted by atomic mass is 10.2. The second kappa shape index (κ2) is 5.78. The number of thiazole rings is 1. The van der Waals surface area contributed by atoms with Crippen LogP contribution in [0.4, 0.5) is 5.82 Å². The molecule has 0 radical (unpaired) electrons. The predicted octanol–water partition coefficient (Wildman–Crippen LogP) is 3.20. The maximum atomic E-state index is 6.17. The molecule has 3 heterocycles. The molecule has 0 atom stereocenters. The van der Waals surface area contributed by atoms with Crippen molar-refractivity contribution < 1.29 is 0 Å². The van der Waals surface area contributed by atoms with Crippen LogP contribution in [0.15, 0.2) is 11.6 Å². The van der Waals surface area contributed by atoms with Gasteiger partial charge >= 0.3 is 0 Å². The van der Waals surface area contributed by atoms with Crippen LogP contribution in [0.5, 0.6) is 0 Å². The van der Waals surface area contributed by atoms with Crippen LogP contribution in [0.25, 0.3) is 4.96 Å². The molecule has 0 spiro atoms. The topological polar surface area (TPSA) is 23.8 Å². The van der Waals surface area contributed by atoms with Gasteiger partial charge in [-0.25, -0.2) is 4.98 Å². The number of rotatable bonds is 3. The van der Waals surface area contributed by atoms with Crippen molar-refractivity contribution >= 4 is 33.7 Å². The van der Waals surface area contributed by atoms with E-state index >= 15 is 0 Å². The first-order valence-corrected chi connectivity index (χ1v) is 9.27. The zero-order valence-electron chi connectivity index (χ0n) is 12.2. The normalized spacial score (nSPS) is 21.7. The van der Waals surface area contributed by atoms with Crippen LogP contribution in [0.3, 0.4) is 0 Å². The highest BCUT2D eigenvalue weighted by atomic mass is 35.5. The zero-order valence-corrected chi connectivity index (χ0v) is 13.7. The van der Waals surface area contributed by atoms with Crippen molar-refractivity contribution in [2.75, 3.05) is 31.1 Å². The average molecular weight is 325 g/mol. The Kier molecular flexibility index (Phi) is 3.81. The molecule has 21 heavy (non-hydrogen) atoms. The fraction of sp³-hybridized carbons (Fsp3) is 0.667. The lowest BCUT2D eigenvalue weighted by Crippen LogP contribution is -2.50. The summed E-state index contributed by atoms with van der Waals surface area (Å²) in [5.74, 6) is 1.62. The lowest BCUT2D eigenvalue weighted by Gasteiger charge is -2.38. The third-order valence-corrected chi connectivity index (χ3v) is 5.93. The van der Waals surface area contributed by atoms with Crippen molar-refractivity contribution in [3.8, 4) is 0 Å². The quantitative estimate of drug-likeness (QED) is 0.810. The van der Waals surface area contributed by atoms with Crippen molar-refractivity contribution in [3.05, 3.63) is 17.3 Å². The number of nitrogens with zero attached hydrogens (tertiary/aromatic N) is 4. The van der Waals surface area contributed by atoms with E-state index in [9.17, 15) is 0 Å². The highest BCUT2D eigenvalue weighted by Crippen LogP contribution is 2.29. The summed E-state index contributed by atoms with van der Waals surface area (Å²) in [6, 6.07) is 0.838. The van der Waals surface area contributed by atoms with Crippen LogP contribution in [0.2, 0.25) is 0 Å². The molecule has 0 N–H and O–H groups in total. The van der Waals surface area contributed by atoms with Crippen molar-refractivity contribution in [1.82, 2.24) is 14.3 Å². The molecule has 2 aromatic heterocycles. The lowest BCUT2D eigenvalue weighted by molar-refractivity contribution is 0.187. The molecule has 0 unspecified atom stereocenters. The van der Waals surface area contributed by atoms with Crippen LogP contribution < -0.4 is 4.90 Å².